The molecular formula is C17H17NO7. The number of phenolic OH excluding ortho intramolecular Hbond substituents is 5. The van der Waals surface area contributed by atoms with Gasteiger partial charge in [-0.25, -0.2) is 4.79 Å². The molecule has 0 aliphatic carbocycles. The van der Waals surface area contributed by atoms with Crippen molar-refractivity contribution in [3.05, 3.63) is 41.5 Å². The van der Waals surface area contributed by atoms with E-state index < -0.39 is 29.3 Å². The lowest BCUT2D eigenvalue weighted by molar-refractivity contribution is -0.138. The van der Waals surface area contributed by atoms with Crippen molar-refractivity contribution in [1.82, 2.24) is 0 Å². The highest BCUT2D eigenvalue weighted by Crippen LogP contribution is 2.37. The van der Waals surface area contributed by atoms with Crippen LogP contribution in [0.3, 0.4) is 0 Å². The Kier molecular flexibility index (Phi) is 5.02. The maximum absolute atomic E-state index is 11.5. The second-order valence-corrected chi connectivity index (χ2v) is 5.42. The Balaban J connectivity index is 2.37. The number of carboxylic acids is 1. The Morgan fingerprint density at radius 1 is 1.00 bits per heavy atom. The molecular weight excluding hydrogens is 330 g/mol. The van der Waals surface area contributed by atoms with Crippen LogP contribution in [0, 0.1) is 0 Å². The molecule has 25 heavy (non-hydrogen) atoms. The highest BCUT2D eigenvalue weighted by atomic mass is 16.4. The molecule has 0 radical (unpaired) electrons. The van der Waals surface area contributed by atoms with Crippen LogP contribution in [-0.4, -0.2) is 48.4 Å². The summed E-state index contributed by atoms with van der Waals surface area (Å²) in [6, 6.07) is 4.85. The number of carboxylic acid groups (broad SMARTS) is 1. The van der Waals surface area contributed by atoms with E-state index in [0.29, 0.717) is 0 Å². The SMILES string of the molecule is CC(=NC(Cc1ccc(O)c(O)c1O)C(=O)O)c1cc(O)ccc1O. The fraction of sp³-hybridized carbons (Fsp3) is 0.176. The van der Waals surface area contributed by atoms with Crippen LogP contribution < -0.4 is 0 Å². The van der Waals surface area contributed by atoms with Gasteiger partial charge in [0.2, 0.25) is 5.75 Å². The Hall–Kier alpha value is -3.42. The lowest BCUT2D eigenvalue weighted by Gasteiger charge is -2.13. The van der Waals surface area contributed by atoms with Crippen LogP contribution in [0.15, 0.2) is 35.3 Å². The van der Waals surface area contributed by atoms with Gasteiger partial charge in [0.1, 0.15) is 11.5 Å². The molecule has 1 unspecified atom stereocenters. The molecule has 2 rings (SSSR count). The van der Waals surface area contributed by atoms with E-state index in [0.717, 1.165) is 6.07 Å². The third-order valence-electron chi connectivity index (χ3n) is 3.63. The molecule has 2 aromatic rings. The van der Waals surface area contributed by atoms with E-state index in [2.05, 4.69) is 4.99 Å². The molecule has 0 amide bonds. The van der Waals surface area contributed by atoms with Crippen molar-refractivity contribution in [2.24, 2.45) is 4.99 Å². The number of nitrogens with zero attached hydrogens (tertiary/aromatic N) is 1. The molecule has 0 saturated carbocycles. The van der Waals surface area contributed by atoms with Crippen molar-refractivity contribution >= 4 is 11.7 Å². The van der Waals surface area contributed by atoms with Gasteiger partial charge in [0.05, 0.1) is 0 Å². The second kappa shape index (κ2) is 7.00. The normalized spacial score (nSPS) is 12.8. The molecule has 8 nitrogen and oxygen atoms in total. The first-order valence-electron chi connectivity index (χ1n) is 7.23. The minimum atomic E-state index is -1.32. The van der Waals surface area contributed by atoms with E-state index in [1.54, 1.807) is 0 Å². The van der Waals surface area contributed by atoms with Crippen molar-refractivity contribution < 1.29 is 35.4 Å². The van der Waals surface area contributed by atoms with Gasteiger partial charge in [0.15, 0.2) is 17.5 Å². The molecule has 0 aliphatic heterocycles. The maximum atomic E-state index is 11.5. The van der Waals surface area contributed by atoms with Gasteiger partial charge >= 0.3 is 5.97 Å². The molecule has 0 aromatic heterocycles. The standard InChI is InChI=1S/C17H17NO7/c1-8(11-7-10(19)3-5-13(11)20)18-12(17(24)25)6-9-2-4-14(21)16(23)15(9)22/h2-5,7,12,19-23H,6H2,1H3,(H,24,25). The van der Waals surface area contributed by atoms with E-state index in [1.165, 1.54) is 31.2 Å². The number of benzene rings is 2. The van der Waals surface area contributed by atoms with Gasteiger partial charge in [-0.2, -0.15) is 0 Å². The van der Waals surface area contributed by atoms with E-state index in [4.69, 9.17) is 0 Å². The Bertz CT molecular complexity index is 845. The molecule has 0 fully saturated rings. The quantitative estimate of drug-likeness (QED) is 0.274. The monoisotopic (exact) mass is 347 g/mol. The number of aliphatic imine (C=N–C) groups is 1. The highest BCUT2D eigenvalue weighted by molar-refractivity contribution is 6.02. The number of phenols is 5. The number of aromatic hydroxyl groups is 5. The largest absolute Gasteiger partial charge is 0.508 e. The average Bonchev–Trinajstić information content (AvgIpc) is 2.56. The molecule has 132 valence electrons. The van der Waals surface area contributed by atoms with E-state index in [-0.39, 0.29) is 34.8 Å². The van der Waals surface area contributed by atoms with Gasteiger partial charge in [-0.05, 0) is 31.2 Å². The Morgan fingerprint density at radius 2 is 1.64 bits per heavy atom. The summed E-state index contributed by atoms with van der Waals surface area (Å²) in [6.07, 6.45) is -0.258. The maximum Gasteiger partial charge on any atom is 0.328 e. The van der Waals surface area contributed by atoms with E-state index in [1.807, 2.05) is 0 Å². The fourth-order valence-electron chi connectivity index (χ4n) is 2.29. The summed E-state index contributed by atoms with van der Waals surface area (Å²) < 4.78 is 0. The lowest BCUT2D eigenvalue weighted by Crippen LogP contribution is -2.22. The summed E-state index contributed by atoms with van der Waals surface area (Å²) in [5.41, 5.74) is 0.423. The summed E-state index contributed by atoms with van der Waals surface area (Å²) in [6.45, 7) is 1.47. The molecule has 8 heteroatoms. The first kappa shape index (κ1) is 17.9. The first-order chi connectivity index (χ1) is 11.7. The lowest BCUT2D eigenvalue weighted by atomic mass is 10.0. The number of hydrogen-bond acceptors (Lipinski definition) is 7. The van der Waals surface area contributed by atoms with Crippen LogP contribution in [0.2, 0.25) is 0 Å². The molecule has 0 saturated heterocycles. The first-order valence-corrected chi connectivity index (χ1v) is 7.23. The summed E-state index contributed by atoms with van der Waals surface area (Å²) >= 11 is 0. The van der Waals surface area contributed by atoms with Gasteiger partial charge in [-0.15, -0.1) is 0 Å². The summed E-state index contributed by atoms with van der Waals surface area (Å²) in [7, 11) is 0. The fourth-order valence-corrected chi connectivity index (χ4v) is 2.29. The van der Waals surface area contributed by atoms with Crippen molar-refractivity contribution in [3.8, 4) is 28.7 Å². The van der Waals surface area contributed by atoms with Crippen molar-refractivity contribution in [2.75, 3.05) is 0 Å². The van der Waals surface area contributed by atoms with Gasteiger partial charge in [-0.1, -0.05) is 6.07 Å². The van der Waals surface area contributed by atoms with Crippen molar-refractivity contribution in [2.45, 2.75) is 19.4 Å². The van der Waals surface area contributed by atoms with Crippen molar-refractivity contribution in [3.63, 3.8) is 0 Å². The molecule has 0 aliphatic rings. The van der Waals surface area contributed by atoms with Crippen LogP contribution in [0.25, 0.3) is 0 Å². The predicted octanol–water partition coefficient (Wildman–Crippen LogP) is 1.72. The van der Waals surface area contributed by atoms with Gasteiger partial charge < -0.3 is 30.6 Å². The minimum absolute atomic E-state index is 0.0828. The van der Waals surface area contributed by atoms with Gasteiger partial charge in [0.25, 0.3) is 0 Å². The molecule has 0 bridgehead atoms. The third-order valence-corrected chi connectivity index (χ3v) is 3.63. The zero-order valence-electron chi connectivity index (χ0n) is 13.2. The molecule has 6 N–H and O–H groups in total. The summed E-state index contributed by atoms with van der Waals surface area (Å²) in [4.78, 5) is 15.5. The molecule has 0 spiro atoms. The molecule has 0 heterocycles. The van der Waals surface area contributed by atoms with Crippen LogP contribution in [0.1, 0.15) is 18.1 Å². The third kappa shape index (κ3) is 3.92. The molecule has 1 atom stereocenters. The summed E-state index contributed by atoms with van der Waals surface area (Å²) in [5, 5.41) is 57.3. The Labute approximate surface area is 142 Å². The van der Waals surface area contributed by atoms with Crippen LogP contribution in [-0.2, 0) is 11.2 Å². The van der Waals surface area contributed by atoms with Crippen molar-refractivity contribution in [1.29, 1.82) is 0 Å². The number of aliphatic carboxylic acids is 1. The van der Waals surface area contributed by atoms with Crippen LogP contribution in [0.4, 0.5) is 0 Å². The topological polar surface area (TPSA) is 151 Å². The number of carbonyl (C=O) groups is 1. The van der Waals surface area contributed by atoms with Gasteiger partial charge in [0, 0.05) is 23.3 Å². The number of rotatable bonds is 5. The zero-order valence-corrected chi connectivity index (χ0v) is 13.2. The van der Waals surface area contributed by atoms with Gasteiger partial charge in [-0.3, -0.25) is 4.99 Å². The smallest absolute Gasteiger partial charge is 0.328 e. The Morgan fingerprint density at radius 3 is 2.28 bits per heavy atom. The van der Waals surface area contributed by atoms with E-state index >= 15 is 0 Å². The summed E-state index contributed by atoms with van der Waals surface area (Å²) in [5.74, 6) is -3.47. The molecule has 2 aromatic carbocycles. The second-order valence-electron chi connectivity index (χ2n) is 5.42. The van der Waals surface area contributed by atoms with E-state index in [9.17, 15) is 35.4 Å². The van der Waals surface area contributed by atoms with Crippen LogP contribution in [0.5, 0.6) is 28.7 Å². The predicted molar refractivity (Wildman–Crippen MR) is 88.5 cm³/mol. The zero-order chi connectivity index (χ0) is 18.7. The van der Waals surface area contributed by atoms with Crippen LogP contribution >= 0.6 is 0 Å². The average molecular weight is 347 g/mol. The minimum Gasteiger partial charge on any atom is -0.508 e. The number of hydrogen-bond donors (Lipinski definition) is 6. The highest BCUT2D eigenvalue weighted by Gasteiger charge is 2.22.